The fraction of sp³-hybridized carbons (Fsp3) is 0.381. The minimum atomic E-state index is -4.85. The summed E-state index contributed by atoms with van der Waals surface area (Å²) in [6.07, 6.45) is -5.35. The summed E-state index contributed by atoms with van der Waals surface area (Å²) in [4.78, 5) is 28.0. The van der Waals surface area contributed by atoms with Gasteiger partial charge in [0.1, 0.15) is 11.8 Å². The predicted molar refractivity (Wildman–Crippen MR) is 104 cm³/mol. The van der Waals surface area contributed by atoms with E-state index >= 15 is 0 Å². The van der Waals surface area contributed by atoms with E-state index < -0.39 is 53.2 Å². The van der Waals surface area contributed by atoms with Gasteiger partial charge in [0.25, 0.3) is 11.8 Å². The second-order valence-corrected chi connectivity index (χ2v) is 7.82. The van der Waals surface area contributed by atoms with Crippen molar-refractivity contribution in [2.75, 3.05) is 5.32 Å². The minimum Gasteiger partial charge on any atom is -0.364 e. The van der Waals surface area contributed by atoms with Crippen molar-refractivity contribution in [1.82, 2.24) is 4.98 Å². The van der Waals surface area contributed by atoms with E-state index in [0.717, 1.165) is 25.1 Å². The Morgan fingerprint density at radius 2 is 1.88 bits per heavy atom. The first-order valence-corrected chi connectivity index (χ1v) is 9.53. The molecule has 1 aromatic heterocycles. The van der Waals surface area contributed by atoms with Gasteiger partial charge >= 0.3 is 6.18 Å². The molecule has 11 heteroatoms. The molecule has 1 aliphatic rings. The number of amides is 2. The van der Waals surface area contributed by atoms with Crippen LogP contribution < -0.4 is 11.1 Å². The van der Waals surface area contributed by atoms with Gasteiger partial charge in [0, 0.05) is 23.7 Å². The van der Waals surface area contributed by atoms with Crippen molar-refractivity contribution in [2.24, 2.45) is 11.7 Å². The van der Waals surface area contributed by atoms with Gasteiger partial charge in [-0.25, -0.2) is 8.78 Å². The number of nitrogens with two attached hydrogens (primary N) is 1. The molecule has 3 N–H and O–H groups in total. The molecule has 1 saturated heterocycles. The third-order valence-electron chi connectivity index (χ3n) is 5.95. The Balaban J connectivity index is 2.05. The number of primary amides is 1. The van der Waals surface area contributed by atoms with Gasteiger partial charge in [0.15, 0.2) is 17.2 Å². The van der Waals surface area contributed by atoms with Crippen LogP contribution in [0.25, 0.3) is 0 Å². The van der Waals surface area contributed by atoms with Crippen LogP contribution in [0.15, 0.2) is 30.5 Å². The fourth-order valence-electron chi connectivity index (χ4n) is 3.91. The molecule has 0 unspecified atom stereocenters. The van der Waals surface area contributed by atoms with E-state index in [4.69, 9.17) is 10.5 Å². The number of pyridine rings is 1. The number of benzene rings is 1. The molecule has 1 aromatic carbocycles. The molecule has 3 rings (SSSR count). The van der Waals surface area contributed by atoms with E-state index in [1.54, 1.807) is 0 Å². The summed E-state index contributed by atoms with van der Waals surface area (Å²) in [6, 6.07) is 4.41. The lowest BCUT2D eigenvalue weighted by atomic mass is 9.76. The van der Waals surface area contributed by atoms with E-state index in [1.165, 1.54) is 26.1 Å². The van der Waals surface area contributed by atoms with Crippen LogP contribution in [0.2, 0.25) is 0 Å². The van der Waals surface area contributed by atoms with Gasteiger partial charge in [0.2, 0.25) is 0 Å². The summed E-state index contributed by atoms with van der Waals surface area (Å²) in [5.74, 6) is -6.76. The number of hydrogen-bond donors (Lipinski definition) is 2. The van der Waals surface area contributed by atoms with Crippen LogP contribution in [0.5, 0.6) is 0 Å². The maximum atomic E-state index is 14.2. The number of halogens is 5. The summed E-state index contributed by atoms with van der Waals surface area (Å²) in [5.41, 5.74) is 2.11. The van der Waals surface area contributed by atoms with Gasteiger partial charge in [-0.15, -0.1) is 0 Å². The van der Waals surface area contributed by atoms with E-state index in [1.807, 2.05) is 0 Å². The topological polar surface area (TPSA) is 94.3 Å². The van der Waals surface area contributed by atoms with Crippen LogP contribution in [0.3, 0.4) is 0 Å². The summed E-state index contributed by atoms with van der Waals surface area (Å²) in [7, 11) is 0. The molecule has 32 heavy (non-hydrogen) atoms. The number of carbonyl (C=O) groups is 2. The number of hydrogen-bond acceptors (Lipinski definition) is 4. The number of ether oxygens (including phenoxy) is 1. The zero-order valence-corrected chi connectivity index (χ0v) is 17.3. The number of alkyl halides is 3. The van der Waals surface area contributed by atoms with Gasteiger partial charge in [-0.05, 0) is 43.2 Å². The summed E-state index contributed by atoms with van der Waals surface area (Å²) in [6.45, 7) is 3.27. The smallest absolute Gasteiger partial charge is 0.364 e. The Hall–Kier alpha value is -3.08. The second-order valence-electron chi connectivity index (χ2n) is 7.82. The first kappa shape index (κ1) is 23.6. The average Bonchev–Trinajstić information content (AvgIpc) is 2.99. The molecule has 0 radical (unpaired) electrons. The lowest BCUT2D eigenvalue weighted by Crippen LogP contribution is -2.47. The van der Waals surface area contributed by atoms with Crippen LogP contribution in [0.4, 0.5) is 27.6 Å². The van der Waals surface area contributed by atoms with Crippen LogP contribution in [-0.2, 0) is 9.53 Å². The maximum absolute atomic E-state index is 14.2. The number of nitrogens with one attached hydrogen (secondary N) is 1. The molecule has 1 aliphatic heterocycles. The molecule has 2 amide bonds. The fourth-order valence-corrected chi connectivity index (χ4v) is 3.91. The predicted octanol–water partition coefficient (Wildman–Crippen LogP) is 3.85. The van der Waals surface area contributed by atoms with Crippen molar-refractivity contribution in [3.63, 3.8) is 0 Å². The zero-order chi connectivity index (χ0) is 24.0. The molecule has 1 fully saturated rings. The molecular formula is C21H20F5N3O3. The Morgan fingerprint density at radius 3 is 2.47 bits per heavy atom. The van der Waals surface area contributed by atoms with Crippen molar-refractivity contribution < 1.29 is 36.3 Å². The van der Waals surface area contributed by atoms with Crippen molar-refractivity contribution in [2.45, 2.75) is 44.6 Å². The minimum absolute atomic E-state index is 0.0251. The summed E-state index contributed by atoms with van der Waals surface area (Å²) in [5, 5.41) is 2.39. The van der Waals surface area contributed by atoms with Crippen LogP contribution >= 0.6 is 0 Å². The van der Waals surface area contributed by atoms with E-state index in [-0.39, 0.29) is 22.5 Å². The number of aromatic nitrogens is 1. The van der Waals surface area contributed by atoms with E-state index in [9.17, 15) is 31.5 Å². The molecular weight excluding hydrogens is 437 g/mol. The molecule has 2 aromatic rings. The van der Waals surface area contributed by atoms with Crippen LogP contribution in [-0.4, -0.2) is 34.7 Å². The van der Waals surface area contributed by atoms with Gasteiger partial charge in [-0.1, -0.05) is 13.0 Å². The maximum Gasteiger partial charge on any atom is 0.417 e. The largest absolute Gasteiger partial charge is 0.417 e. The standard InChI is InChI=1S/C21H20F5N3O3/c1-9-12(4-5-13(22)16(9)23)15-10(2)20(3,21(24,25)26)32-17(15)19(31)29-11-6-7-28-14(8-11)18(27)30/h4-8,10,15,17H,1-3H3,(H2,27,30)(H,28,29,31)/t10-,15+,17-,20+/m1/s1. The first-order valence-electron chi connectivity index (χ1n) is 9.53. The quantitative estimate of drug-likeness (QED) is 0.682. The Labute approximate surface area is 180 Å². The highest BCUT2D eigenvalue weighted by Crippen LogP contribution is 2.54. The molecule has 4 atom stereocenters. The summed E-state index contributed by atoms with van der Waals surface area (Å²) >= 11 is 0. The van der Waals surface area contributed by atoms with Gasteiger partial charge in [-0.3, -0.25) is 14.6 Å². The Morgan fingerprint density at radius 1 is 1.22 bits per heavy atom. The summed E-state index contributed by atoms with van der Waals surface area (Å²) < 4.78 is 74.7. The normalized spacial score (nSPS) is 25.6. The number of nitrogens with zero attached hydrogens (tertiary/aromatic N) is 1. The SMILES string of the molecule is Cc1c([C@@H]2[C@@H](C)[C@@](C)(C(F)(F)F)O[C@H]2C(=O)Nc2ccnc(C(N)=O)c2)ccc(F)c1F. The third kappa shape index (κ3) is 3.92. The molecule has 0 aliphatic carbocycles. The van der Waals surface area contributed by atoms with E-state index in [0.29, 0.717) is 0 Å². The lowest BCUT2D eigenvalue weighted by molar-refractivity contribution is -0.272. The molecule has 172 valence electrons. The van der Waals surface area contributed by atoms with Gasteiger partial charge in [-0.2, -0.15) is 13.2 Å². The number of anilines is 1. The first-order chi connectivity index (χ1) is 14.8. The molecule has 0 saturated carbocycles. The molecule has 2 heterocycles. The molecule has 6 nitrogen and oxygen atoms in total. The van der Waals surface area contributed by atoms with Gasteiger partial charge in [0.05, 0.1) is 0 Å². The lowest BCUT2D eigenvalue weighted by Gasteiger charge is -2.32. The average molecular weight is 457 g/mol. The highest BCUT2D eigenvalue weighted by Gasteiger charge is 2.65. The zero-order valence-electron chi connectivity index (χ0n) is 17.3. The van der Waals surface area contributed by atoms with E-state index in [2.05, 4.69) is 10.3 Å². The third-order valence-corrected chi connectivity index (χ3v) is 5.95. The van der Waals surface area contributed by atoms with Crippen molar-refractivity contribution in [3.05, 3.63) is 58.9 Å². The van der Waals surface area contributed by atoms with Gasteiger partial charge < -0.3 is 15.8 Å². The van der Waals surface area contributed by atoms with Crippen LogP contribution in [0.1, 0.15) is 41.4 Å². The highest BCUT2D eigenvalue weighted by molar-refractivity contribution is 5.97. The number of carbonyl (C=O) groups excluding carboxylic acids is 2. The number of rotatable bonds is 4. The Bertz CT molecular complexity index is 1080. The monoisotopic (exact) mass is 457 g/mol. The Kier molecular flexibility index (Phi) is 5.98. The highest BCUT2D eigenvalue weighted by atomic mass is 19.4. The van der Waals surface area contributed by atoms with Crippen molar-refractivity contribution in [3.8, 4) is 0 Å². The van der Waals surface area contributed by atoms with Crippen molar-refractivity contribution >= 4 is 17.5 Å². The van der Waals surface area contributed by atoms with Crippen molar-refractivity contribution in [1.29, 1.82) is 0 Å². The molecule has 0 spiro atoms. The van der Waals surface area contributed by atoms with Crippen LogP contribution in [0, 0.1) is 24.5 Å². The second kappa shape index (κ2) is 8.12. The molecule has 0 bridgehead atoms.